The first-order valence-corrected chi connectivity index (χ1v) is 25.5. The Morgan fingerprint density at radius 2 is 1.21 bits per heavy atom. The Morgan fingerprint density at radius 1 is 0.582 bits per heavy atom. The third-order valence-corrected chi connectivity index (χ3v) is 17.6. The molecule has 0 radical (unpaired) electrons. The molecule has 0 N–H and O–H groups in total. The van der Waals surface area contributed by atoms with Gasteiger partial charge in [0, 0.05) is 39.2 Å². The molecule has 3 heterocycles. The fourth-order valence-electron chi connectivity index (χ4n) is 12.9. The summed E-state index contributed by atoms with van der Waals surface area (Å²) in [6, 6.07) is 35.5. The van der Waals surface area contributed by atoms with Gasteiger partial charge >= 0.3 is 0 Å². The molecule has 3 aliphatic carbocycles. The van der Waals surface area contributed by atoms with Gasteiger partial charge in [0.05, 0.1) is 5.69 Å². The molecule has 11 rings (SSSR count). The maximum atomic E-state index is 7.42. The van der Waals surface area contributed by atoms with Gasteiger partial charge in [0.1, 0.15) is 5.58 Å². The van der Waals surface area contributed by atoms with Gasteiger partial charge in [-0.1, -0.05) is 163 Å². The minimum Gasteiger partial charge on any atom is -0.440 e. The van der Waals surface area contributed by atoms with Crippen LogP contribution < -0.4 is 26.2 Å². The zero-order chi connectivity index (χ0) is 47.5. The summed E-state index contributed by atoms with van der Waals surface area (Å²) in [5.41, 5.74) is 20.8. The van der Waals surface area contributed by atoms with E-state index in [1.807, 2.05) is 0 Å². The SMILES string of the molecule is Cc1ccc2oc3c(c2c1)B1c2cc4c(cc2N(C2=CC5C(C=C2)C(C)(C)CCC5(C)C)c2cc(C(C)(C)C)cc(c21)N3c1ccc(C(C)(C)C)cc1-c1ccccc1)C(C)(C)CCC4(C)C. The smallest absolute Gasteiger partial charge is 0.257 e. The predicted molar refractivity (Wildman–Crippen MR) is 288 cm³/mol. The van der Waals surface area contributed by atoms with Crippen molar-refractivity contribution in [3.8, 4) is 11.1 Å². The van der Waals surface area contributed by atoms with E-state index in [-0.39, 0.29) is 39.2 Å². The molecule has 0 amide bonds. The van der Waals surface area contributed by atoms with E-state index in [0.717, 1.165) is 17.2 Å². The van der Waals surface area contributed by atoms with Crippen LogP contribution in [0.4, 0.5) is 28.6 Å². The second kappa shape index (κ2) is 14.4. The van der Waals surface area contributed by atoms with E-state index in [1.54, 1.807) is 0 Å². The van der Waals surface area contributed by atoms with E-state index in [0.29, 0.717) is 11.8 Å². The summed E-state index contributed by atoms with van der Waals surface area (Å²) in [6.07, 6.45) is 12.6. The normalized spacial score (nSPS) is 21.8. The molecule has 0 spiro atoms. The Labute approximate surface area is 402 Å². The van der Waals surface area contributed by atoms with Crippen LogP contribution in [0.5, 0.6) is 0 Å². The molecular formula is C63H73BN2O. The van der Waals surface area contributed by atoms with Crippen molar-refractivity contribution in [2.24, 2.45) is 22.7 Å². The van der Waals surface area contributed by atoms with Crippen molar-refractivity contribution in [2.75, 3.05) is 9.80 Å². The number of anilines is 5. The molecule has 3 nitrogen and oxygen atoms in total. The first kappa shape index (κ1) is 44.3. The van der Waals surface area contributed by atoms with Crippen LogP contribution in [0.25, 0.3) is 22.1 Å². The fourth-order valence-corrected chi connectivity index (χ4v) is 12.9. The lowest BCUT2D eigenvalue weighted by Gasteiger charge is -2.52. The molecule has 1 fully saturated rings. The van der Waals surface area contributed by atoms with Crippen molar-refractivity contribution in [3.63, 3.8) is 0 Å². The van der Waals surface area contributed by atoms with Crippen LogP contribution in [0.3, 0.4) is 0 Å². The van der Waals surface area contributed by atoms with E-state index < -0.39 is 0 Å². The summed E-state index contributed by atoms with van der Waals surface area (Å²) < 4.78 is 7.42. The molecular weight excluding hydrogens is 812 g/mol. The van der Waals surface area contributed by atoms with Crippen molar-refractivity contribution in [3.05, 3.63) is 143 Å². The Bertz CT molecular complexity index is 3080. The van der Waals surface area contributed by atoms with E-state index >= 15 is 0 Å². The number of aryl methyl sites for hydroxylation is 1. The van der Waals surface area contributed by atoms with Crippen LogP contribution in [0.1, 0.15) is 150 Å². The number of benzene rings is 5. The summed E-state index contributed by atoms with van der Waals surface area (Å²) in [5, 5.41) is 1.21. The predicted octanol–water partition coefficient (Wildman–Crippen LogP) is 15.6. The molecule has 6 aromatic rings. The molecule has 2 aliphatic heterocycles. The summed E-state index contributed by atoms with van der Waals surface area (Å²) in [4.78, 5) is 5.27. The van der Waals surface area contributed by atoms with Gasteiger partial charge in [-0.15, -0.1) is 0 Å². The topological polar surface area (TPSA) is 19.6 Å². The summed E-state index contributed by atoms with van der Waals surface area (Å²) in [6.45, 7) is 36.3. The summed E-state index contributed by atoms with van der Waals surface area (Å²) >= 11 is 0. The lowest BCUT2D eigenvalue weighted by Crippen LogP contribution is -2.62. The molecule has 2 atom stereocenters. The quantitative estimate of drug-likeness (QED) is 0.165. The van der Waals surface area contributed by atoms with Crippen LogP contribution in [0.2, 0.25) is 0 Å². The summed E-state index contributed by atoms with van der Waals surface area (Å²) in [5.74, 6) is 1.84. The molecule has 0 bridgehead atoms. The highest BCUT2D eigenvalue weighted by molar-refractivity contribution is 7.01. The van der Waals surface area contributed by atoms with E-state index in [4.69, 9.17) is 4.42 Å². The third-order valence-electron chi connectivity index (χ3n) is 17.6. The fraction of sp³-hybridized carbons (Fsp3) is 0.429. The molecule has 5 aliphatic rings. The lowest BCUT2D eigenvalue weighted by atomic mass is 9.33. The number of rotatable bonds is 3. The number of allylic oxidation sites excluding steroid dienone is 3. The molecule has 2 unspecified atom stereocenters. The number of fused-ring (bicyclic) bond motifs is 8. The number of hydrogen-bond acceptors (Lipinski definition) is 3. The van der Waals surface area contributed by atoms with Gasteiger partial charge in [0.15, 0.2) is 0 Å². The van der Waals surface area contributed by atoms with E-state index in [9.17, 15) is 0 Å². The van der Waals surface area contributed by atoms with Gasteiger partial charge in [0.2, 0.25) is 5.88 Å². The van der Waals surface area contributed by atoms with Gasteiger partial charge < -0.3 is 9.32 Å². The molecule has 344 valence electrons. The Morgan fingerprint density at radius 3 is 1.87 bits per heavy atom. The third kappa shape index (κ3) is 6.80. The molecule has 5 aromatic carbocycles. The maximum Gasteiger partial charge on any atom is 0.257 e. The minimum atomic E-state index is -0.138. The highest BCUT2D eigenvalue weighted by atomic mass is 16.4. The Kier molecular flexibility index (Phi) is 9.53. The molecule has 1 saturated carbocycles. The largest absolute Gasteiger partial charge is 0.440 e. The highest BCUT2D eigenvalue weighted by Crippen LogP contribution is 2.57. The van der Waals surface area contributed by atoms with Crippen molar-refractivity contribution < 1.29 is 4.42 Å². The average molecular weight is 885 g/mol. The maximum absolute atomic E-state index is 7.42. The Balaban J connectivity index is 1.29. The monoisotopic (exact) mass is 885 g/mol. The van der Waals surface area contributed by atoms with Crippen molar-refractivity contribution in [1.29, 1.82) is 0 Å². The van der Waals surface area contributed by atoms with Gasteiger partial charge in [-0.05, 0) is 164 Å². The molecule has 1 aromatic heterocycles. The van der Waals surface area contributed by atoms with E-state index in [1.165, 1.54) is 109 Å². The number of furan rings is 1. The lowest BCUT2D eigenvalue weighted by molar-refractivity contribution is 0.0327. The minimum absolute atomic E-state index is 0.0313. The summed E-state index contributed by atoms with van der Waals surface area (Å²) in [7, 11) is 0. The molecule has 67 heavy (non-hydrogen) atoms. The van der Waals surface area contributed by atoms with Crippen molar-refractivity contribution >= 4 is 62.7 Å². The van der Waals surface area contributed by atoms with E-state index in [2.05, 4.69) is 223 Å². The number of nitrogens with zero attached hydrogens (tertiary/aromatic N) is 2. The standard InChI is InChI=1S/C63H73BN2O/c1-38-21-26-54-44(31-38)55-57(67-54)66(50-25-22-40(58(2,3)4)32-43(50)39-19-17-16-18-20-39)53-34-41(59(5,6)7)33-52-56(53)64(55)49-36-47-48(63(14,15)30-29-62(47,12)13)37-51(49)65(52)42-23-24-45-46(35-42)61(10,11)28-27-60(45,8)9/h16-26,31-37,45-46H,27-30H2,1-15H3. The zero-order valence-corrected chi connectivity index (χ0v) is 43.3. The van der Waals surface area contributed by atoms with Gasteiger partial charge in [0.25, 0.3) is 6.71 Å². The van der Waals surface area contributed by atoms with Crippen LogP contribution >= 0.6 is 0 Å². The van der Waals surface area contributed by atoms with Crippen LogP contribution in [0, 0.1) is 29.6 Å². The second-order valence-electron chi connectivity index (χ2n) is 26.2. The first-order chi connectivity index (χ1) is 31.4. The van der Waals surface area contributed by atoms with Crippen molar-refractivity contribution in [2.45, 2.75) is 151 Å². The van der Waals surface area contributed by atoms with Gasteiger partial charge in [-0.25, -0.2) is 0 Å². The van der Waals surface area contributed by atoms with Crippen LogP contribution in [-0.4, -0.2) is 6.71 Å². The number of hydrogen-bond donors (Lipinski definition) is 0. The molecule has 4 heteroatoms. The van der Waals surface area contributed by atoms with Crippen LogP contribution in [0.15, 0.2) is 119 Å². The zero-order valence-electron chi connectivity index (χ0n) is 43.3. The average Bonchev–Trinajstić information content (AvgIpc) is 3.64. The van der Waals surface area contributed by atoms with Crippen molar-refractivity contribution in [1.82, 2.24) is 0 Å². The first-order valence-electron chi connectivity index (χ1n) is 25.5. The van der Waals surface area contributed by atoms with Gasteiger partial charge in [-0.3, -0.25) is 4.90 Å². The second-order valence-corrected chi connectivity index (χ2v) is 26.2. The Hall–Kier alpha value is -5.22. The van der Waals surface area contributed by atoms with Gasteiger partial charge in [-0.2, -0.15) is 0 Å². The van der Waals surface area contributed by atoms with Crippen LogP contribution in [-0.2, 0) is 21.7 Å². The highest BCUT2D eigenvalue weighted by Gasteiger charge is 2.51. The molecule has 0 saturated heterocycles.